The van der Waals surface area contributed by atoms with Gasteiger partial charge in [-0.25, -0.2) is 0 Å². The van der Waals surface area contributed by atoms with Crippen molar-refractivity contribution in [1.29, 1.82) is 0 Å². The first-order chi connectivity index (χ1) is 11.2. The van der Waals surface area contributed by atoms with E-state index >= 15 is 0 Å². The Kier molecular flexibility index (Phi) is 4.85. The number of amides is 1. The van der Waals surface area contributed by atoms with Crippen molar-refractivity contribution < 1.29 is 4.79 Å². The SMILES string of the molecule is C=CC(=O)N1Cc2cccc(CI)c2[C@@H](c2ccccc2C)C1. The fourth-order valence-electron chi connectivity index (χ4n) is 3.48. The normalized spacial score (nSPS) is 16.8. The van der Waals surface area contributed by atoms with E-state index in [9.17, 15) is 4.79 Å². The fraction of sp³-hybridized carbons (Fsp3) is 0.250. The van der Waals surface area contributed by atoms with Crippen LogP contribution in [0.15, 0.2) is 55.1 Å². The second-order valence-corrected chi connectivity index (χ2v) is 6.72. The quantitative estimate of drug-likeness (QED) is 0.407. The summed E-state index contributed by atoms with van der Waals surface area (Å²) in [4.78, 5) is 14.1. The van der Waals surface area contributed by atoms with Gasteiger partial charge in [0.2, 0.25) is 5.91 Å². The van der Waals surface area contributed by atoms with Crippen molar-refractivity contribution in [2.24, 2.45) is 0 Å². The van der Waals surface area contributed by atoms with Crippen LogP contribution in [0.4, 0.5) is 0 Å². The summed E-state index contributed by atoms with van der Waals surface area (Å²) in [5.74, 6) is 0.240. The molecule has 0 spiro atoms. The molecule has 0 unspecified atom stereocenters. The number of halogens is 1. The maximum atomic E-state index is 12.2. The summed E-state index contributed by atoms with van der Waals surface area (Å²) in [6.07, 6.45) is 1.42. The van der Waals surface area contributed by atoms with Crippen LogP contribution in [0.5, 0.6) is 0 Å². The minimum atomic E-state index is 0.00844. The number of nitrogens with zero attached hydrogens (tertiary/aromatic N) is 1. The largest absolute Gasteiger partial charge is 0.334 e. The molecule has 1 aliphatic heterocycles. The number of rotatable bonds is 3. The van der Waals surface area contributed by atoms with E-state index in [4.69, 9.17) is 0 Å². The highest BCUT2D eigenvalue weighted by atomic mass is 127. The third-order valence-corrected chi connectivity index (χ3v) is 5.42. The van der Waals surface area contributed by atoms with E-state index in [0.717, 1.165) is 11.0 Å². The molecule has 0 saturated carbocycles. The molecule has 0 radical (unpaired) electrons. The van der Waals surface area contributed by atoms with Crippen LogP contribution < -0.4 is 0 Å². The molecule has 0 bridgehead atoms. The van der Waals surface area contributed by atoms with E-state index < -0.39 is 0 Å². The van der Waals surface area contributed by atoms with Gasteiger partial charge in [-0.15, -0.1) is 0 Å². The third-order valence-electron chi connectivity index (χ3n) is 4.59. The van der Waals surface area contributed by atoms with Crippen LogP contribution in [-0.4, -0.2) is 17.4 Å². The molecule has 2 aromatic rings. The number of benzene rings is 2. The highest BCUT2D eigenvalue weighted by Gasteiger charge is 2.30. The van der Waals surface area contributed by atoms with Crippen molar-refractivity contribution >= 4 is 28.5 Å². The number of hydrogen-bond acceptors (Lipinski definition) is 1. The first kappa shape index (κ1) is 16.2. The van der Waals surface area contributed by atoms with Crippen molar-refractivity contribution in [1.82, 2.24) is 4.90 Å². The van der Waals surface area contributed by atoms with Gasteiger partial charge in [-0.3, -0.25) is 4.79 Å². The highest BCUT2D eigenvalue weighted by molar-refractivity contribution is 14.1. The zero-order valence-corrected chi connectivity index (χ0v) is 15.4. The molecular formula is C20H20INO. The van der Waals surface area contributed by atoms with Gasteiger partial charge in [-0.05, 0) is 40.8 Å². The lowest BCUT2D eigenvalue weighted by molar-refractivity contribution is -0.127. The van der Waals surface area contributed by atoms with Crippen molar-refractivity contribution in [2.75, 3.05) is 6.54 Å². The van der Waals surface area contributed by atoms with E-state index in [1.54, 1.807) is 0 Å². The summed E-state index contributed by atoms with van der Waals surface area (Å²) in [7, 11) is 0. The van der Waals surface area contributed by atoms with Gasteiger partial charge in [0.1, 0.15) is 0 Å². The number of aryl methyl sites for hydroxylation is 1. The van der Waals surface area contributed by atoms with Gasteiger partial charge in [-0.1, -0.05) is 71.6 Å². The zero-order valence-electron chi connectivity index (χ0n) is 13.3. The molecule has 2 nitrogen and oxygen atoms in total. The summed E-state index contributed by atoms with van der Waals surface area (Å²) in [5, 5.41) is 0. The summed E-state index contributed by atoms with van der Waals surface area (Å²) in [6, 6.07) is 15.0. The van der Waals surface area contributed by atoms with E-state index in [-0.39, 0.29) is 11.8 Å². The number of hydrogen-bond donors (Lipinski definition) is 0. The molecular weight excluding hydrogens is 397 g/mol. The number of fused-ring (bicyclic) bond motifs is 1. The Balaban J connectivity index is 2.16. The van der Waals surface area contributed by atoms with Gasteiger partial charge in [0.05, 0.1) is 0 Å². The van der Waals surface area contributed by atoms with E-state index in [1.807, 2.05) is 4.90 Å². The molecule has 1 atom stereocenters. The molecule has 1 amide bonds. The van der Waals surface area contributed by atoms with Crippen LogP contribution in [0.1, 0.15) is 33.7 Å². The molecule has 0 N–H and O–H groups in total. The van der Waals surface area contributed by atoms with Gasteiger partial charge in [0.15, 0.2) is 0 Å². The summed E-state index contributed by atoms with van der Waals surface area (Å²) in [5.41, 5.74) is 6.63. The summed E-state index contributed by atoms with van der Waals surface area (Å²) < 4.78 is 0.985. The Morgan fingerprint density at radius 2 is 2.09 bits per heavy atom. The lowest BCUT2D eigenvalue weighted by Gasteiger charge is -2.36. The van der Waals surface area contributed by atoms with E-state index in [1.165, 1.54) is 33.9 Å². The molecule has 1 heterocycles. The van der Waals surface area contributed by atoms with Crippen LogP contribution in [0.3, 0.4) is 0 Å². The van der Waals surface area contributed by atoms with E-state index in [0.29, 0.717) is 6.54 Å². The highest BCUT2D eigenvalue weighted by Crippen LogP contribution is 2.37. The fourth-order valence-corrected chi connectivity index (χ4v) is 4.14. The van der Waals surface area contributed by atoms with Crippen molar-refractivity contribution in [3.05, 3.63) is 82.9 Å². The number of carbonyl (C=O) groups excluding carboxylic acids is 1. The average molecular weight is 417 g/mol. The van der Waals surface area contributed by atoms with Gasteiger partial charge in [0, 0.05) is 23.4 Å². The third kappa shape index (κ3) is 3.07. The molecule has 2 aromatic carbocycles. The Hall–Kier alpha value is -1.62. The average Bonchev–Trinajstić information content (AvgIpc) is 2.60. The molecule has 3 rings (SSSR count). The van der Waals surface area contributed by atoms with Crippen LogP contribution >= 0.6 is 22.6 Å². The zero-order chi connectivity index (χ0) is 16.4. The summed E-state index contributed by atoms with van der Waals surface area (Å²) >= 11 is 2.43. The van der Waals surface area contributed by atoms with Gasteiger partial charge < -0.3 is 4.90 Å². The van der Waals surface area contributed by atoms with Crippen LogP contribution in [0.2, 0.25) is 0 Å². The Morgan fingerprint density at radius 3 is 2.78 bits per heavy atom. The first-order valence-electron chi connectivity index (χ1n) is 7.79. The predicted octanol–water partition coefficient (Wildman–Crippen LogP) is 4.59. The summed E-state index contributed by atoms with van der Waals surface area (Å²) in [6.45, 7) is 7.19. The van der Waals surface area contributed by atoms with Crippen molar-refractivity contribution in [3.8, 4) is 0 Å². The van der Waals surface area contributed by atoms with Gasteiger partial charge in [-0.2, -0.15) is 0 Å². The molecule has 0 aliphatic carbocycles. The van der Waals surface area contributed by atoms with Crippen LogP contribution in [0, 0.1) is 6.92 Å². The molecule has 0 saturated heterocycles. The maximum absolute atomic E-state index is 12.2. The lowest BCUT2D eigenvalue weighted by atomic mass is 9.80. The van der Waals surface area contributed by atoms with Crippen LogP contribution in [0.25, 0.3) is 0 Å². The Morgan fingerprint density at radius 1 is 1.30 bits per heavy atom. The molecule has 3 heteroatoms. The Bertz CT molecular complexity index is 753. The first-order valence-corrected chi connectivity index (χ1v) is 9.31. The minimum Gasteiger partial charge on any atom is -0.334 e. The smallest absolute Gasteiger partial charge is 0.246 e. The molecule has 0 aromatic heterocycles. The monoisotopic (exact) mass is 417 g/mol. The number of alkyl halides is 1. The van der Waals surface area contributed by atoms with Crippen molar-refractivity contribution in [3.63, 3.8) is 0 Å². The molecule has 23 heavy (non-hydrogen) atoms. The van der Waals surface area contributed by atoms with Gasteiger partial charge >= 0.3 is 0 Å². The van der Waals surface area contributed by atoms with E-state index in [2.05, 4.69) is 78.6 Å². The standard InChI is InChI=1S/C20H20INO/c1-3-19(23)22-12-16-9-6-8-15(11-21)20(16)18(13-22)17-10-5-4-7-14(17)2/h3-10,18H,1,11-13H2,2H3/t18-/m1/s1. The second-order valence-electron chi connectivity index (χ2n) is 5.96. The van der Waals surface area contributed by atoms with Crippen LogP contribution in [-0.2, 0) is 15.8 Å². The second kappa shape index (κ2) is 6.87. The minimum absolute atomic E-state index is 0.00844. The molecule has 118 valence electrons. The topological polar surface area (TPSA) is 20.3 Å². The number of carbonyl (C=O) groups is 1. The molecule has 0 fully saturated rings. The Labute approximate surface area is 151 Å². The lowest BCUT2D eigenvalue weighted by Crippen LogP contribution is -2.38. The van der Waals surface area contributed by atoms with Gasteiger partial charge in [0.25, 0.3) is 0 Å². The maximum Gasteiger partial charge on any atom is 0.246 e. The van der Waals surface area contributed by atoms with Crippen molar-refractivity contribution in [2.45, 2.75) is 23.8 Å². The molecule has 1 aliphatic rings. The predicted molar refractivity (Wildman–Crippen MR) is 103 cm³/mol.